The fraction of sp³-hybridized carbons (Fsp3) is 0.300. The van der Waals surface area contributed by atoms with Crippen molar-refractivity contribution in [1.29, 1.82) is 0 Å². The van der Waals surface area contributed by atoms with Gasteiger partial charge in [-0.1, -0.05) is 23.9 Å². The number of rotatable bonds is 4. The predicted octanol–water partition coefficient (Wildman–Crippen LogP) is 3.19. The number of hydrogen-bond donors (Lipinski definition) is 1. The van der Waals surface area contributed by atoms with Gasteiger partial charge in [0.05, 0.1) is 5.92 Å². The molecule has 0 bridgehead atoms. The van der Waals surface area contributed by atoms with E-state index in [2.05, 4.69) is 0 Å². The van der Waals surface area contributed by atoms with Gasteiger partial charge < -0.3 is 5.11 Å². The molecule has 1 unspecified atom stereocenters. The molecule has 0 heterocycles. The number of carbonyl (C=O) groups is 1. The summed E-state index contributed by atoms with van der Waals surface area (Å²) < 4.78 is 24.0. The fourth-order valence-corrected chi connectivity index (χ4v) is 1.58. The molecule has 0 spiro atoms. The highest BCUT2D eigenvalue weighted by Crippen LogP contribution is 2.26. The summed E-state index contributed by atoms with van der Waals surface area (Å²) in [5.74, 6) is -3.99. The van der Waals surface area contributed by atoms with Crippen LogP contribution in [-0.2, 0) is 4.79 Å². The molecule has 15 heavy (non-hydrogen) atoms. The first-order chi connectivity index (χ1) is 7.00. The van der Waals surface area contributed by atoms with Crippen LogP contribution in [0.5, 0.6) is 0 Å². The van der Waals surface area contributed by atoms with Crippen molar-refractivity contribution in [1.82, 2.24) is 0 Å². The smallest absolute Gasteiger partial charge is 0.310 e. The van der Waals surface area contributed by atoms with Gasteiger partial charge in [0, 0.05) is 4.90 Å². The molecule has 1 aromatic carbocycles. The van der Waals surface area contributed by atoms with Crippen LogP contribution in [0, 0.1) is 0 Å². The Morgan fingerprint density at radius 1 is 1.33 bits per heavy atom. The van der Waals surface area contributed by atoms with Crippen LogP contribution in [0.2, 0.25) is 0 Å². The van der Waals surface area contributed by atoms with Gasteiger partial charge in [-0.25, -0.2) is 0 Å². The number of alkyl halides is 2. The molecule has 0 aliphatic carbocycles. The summed E-state index contributed by atoms with van der Waals surface area (Å²) in [6.07, 6.45) is 0. The van der Waals surface area contributed by atoms with Crippen molar-refractivity contribution in [2.45, 2.75) is 23.5 Å². The largest absolute Gasteiger partial charge is 0.481 e. The molecular weight excluding hydrogens is 222 g/mol. The van der Waals surface area contributed by atoms with Crippen molar-refractivity contribution in [3.63, 3.8) is 0 Å². The van der Waals surface area contributed by atoms with Crippen LogP contribution in [0.4, 0.5) is 8.78 Å². The topological polar surface area (TPSA) is 37.3 Å². The first-order valence-corrected chi connectivity index (χ1v) is 5.16. The Labute approximate surface area is 90.3 Å². The fourth-order valence-electron chi connectivity index (χ4n) is 1.08. The second-order valence-electron chi connectivity index (χ2n) is 3.01. The molecule has 0 amide bonds. The van der Waals surface area contributed by atoms with Gasteiger partial charge >= 0.3 is 5.97 Å². The summed E-state index contributed by atoms with van der Waals surface area (Å²) in [5.41, 5.74) is 0.612. The third kappa shape index (κ3) is 3.51. The van der Waals surface area contributed by atoms with E-state index in [1.165, 1.54) is 12.1 Å². The van der Waals surface area contributed by atoms with Crippen LogP contribution in [0.1, 0.15) is 18.4 Å². The minimum atomic E-state index is -2.45. The zero-order valence-corrected chi connectivity index (χ0v) is 8.80. The van der Waals surface area contributed by atoms with Crippen LogP contribution in [0.3, 0.4) is 0 Å². The number of aliphatic carboxylic acids is 1. The number of halogens is 2. The maximum absolute atomic E-state index is 12.0. The maximum Gasteiger partial charge on any atom is 0.310 e. The summed E-state index contributed by atoms with van der Waals surface area (Å²) in [6.45, 7) is 1.55. The van der Waals surface area contributed by atoms with E-state index in [4.69, 9.17) is 5.11 Å². The minimum absolute atomic E-state index is 0.436. The lowest BCUT2D eigenvalue weighted by atomic mass is 10.0. The third-order valence-electron chi connectivity index (χ3n) is 1.98. The van der Waals surface area contributed by atoms with Gasteiger partial charge in [0.2, 0.25) is 0 Å². The molecular formula is C10H10F2O2S. The van der Waals surface area contributed by atoms with Crippen LogP contribution in [0.15, 0.2) is 29.2 Å². The quantitative estimate of drug-likeness (QED) is 0.810. The standard InChI is InChI=1S/C10H10F2O2S/c1-6(9(13)14)7-2-4-8(5-3-7)15-10(11)12/h2-6,10H,1H3,(H,13,14). The Bertz CT molecular complexity index is 338. The molecule has 0 aliphatic heterocycles. The van der Waals surface area contributed by atoms with Crippen LogP contribution >= 0.6 is 11.8 Å². The summed E-state index contributed by atoms with van der Waals surface area (Å²) in [6, 6.07) is 6.13. The van der Waals surface area contributed by atoms with Crippen molar-refractivity contribution in [3.8, 4) is 0 Å². The second-order valence-corrected chi connectivity index (χ2v) is 4.07. The lowest BCUT2D eigenvalue weighted by Crippen LogP contribution is -2.06. The monoisotopic (exact) mass is 232 g/mol. The summed E-state index contributed by atoms with van der Waals surface area (Å²) in [5, 5.41) is 8.72. The zero-order valence-electron chi connectivity index (χ0n) is 7.98. The Kier molecular flexibility index (Phi) is 4.08. The van der Waals surface area contributed by atoms with E-state index < -0.39 is 17.6 Å². The van der Waals surface area contributed by atoms with E-state index in [1.807, 2.05) is 0 Å². The van der Waals surface area contributed by atoms with E-state index in [-0.39, 0.29) is 0 Å². The third-order valence-corrected chi connectivity index (χ3v) is 2.70. The summed E-state index contributed by atoms with van der Waals surface area (Å²) >= 11 is 0.446. The first-order valence-electron chi connectivity index (χ1n) is 4.28. The minimum Gasteiger partial charge on any atom is -0.481 e. The maximum atomic E-state index is 12.0. The van der Waals surface area contributed by atoms with E-state index >= 15 is 0 Å². The Morgan fingerprint density at radius 2 is 1.87 bits per heavy atom. The summed E-state index contributed by atoms with van der Waals surface area (Å²) in [4.78, 5) is 11.1. The molecule has 0 fully saturated rings. The lowest BCUT2D eigenvalue weighted by molar-refractivity contribution is -0.138. The van der Waals surface area contributed by atoms with Crippen molar-refractivity contribution in [2.75, 3.05) is 0 Å². The molecule has 1 N–H and O–H groups in total. The molecule has 0 saturated heterocycles. The van der Waals surface area contributed by atoms with Crippen LogP contribution in [-0.4, -0.2) is 16.8 Å². The van der Waals surface area contributed by atoms with Gasteiger partial charge in [-0.05, 0) is 24.6 Å². The number of benzene rings is 1. The first kappa shape index (κ1) is 12.0. The van der Waals surface area contributed by atoms with Crippen molar-refractivity contribution < 1.29 is 18.7 Å². The molecule has 2 nitrogen and oxygen atoms in total. The van der Waals surface area contributed by atoms with Gasteiger partial charge in [0.25, 0.3) is 5.76 Å². The molecule has 0 saturated carbocycles. The van der Waals surface area contributed by atoms with Crippen molar-refractivity contribution >= 4 is 17.7 Å². The molecule has 0 radical (unpaired) electrons. The highest BCUT2D eigenvalue weighted by Gasteiger charge is 2.13. The molecule has 5 heteroatoms. The summed E-state index contributed by atoms with van der Waals surface area (Å²) in [7, 11) is 0. The van der Waals surface area contributed by atoms with Crippen LogP contribution < -0.4 is 0 Å². The van der Waals surface area contributed by atoms with Crippen molar-refractivity contribution in [3.05, 3.63) is 29.8 Å². The predicted molar refractivity (Wildman–Crippen MR) is 54.4 cm³/mol. The molecule has 0 aliphatic rings. The Morgan fingerprint density at radius 3 is 2.27 bits per heavy atom. The van der Waals surface area contributed by atoms with Gasteiger partial charge in [-0.15, -0.1) is 0 Å². The molecule has 82 valence electrons. The second kappa shape index (κ2) is 5.11. The van der Waals surface area contributed by atoms with Crippen LogP contribution in [0.25, 0.3) is 0 Å². The number of carboxylic acid groups (broad SMARTS) is 1. The normalized spacial score (nSPS) is 12.8. The number of hydrogen-bond acceptors (Lipinski definition) is 2. The molecule has 1 aromatic rings. The molecule has 0 aromatic heterocycles. The average Bonchev–Trinajstić information content (AvgIpc) is 2.17. The lowest BCUT2D eigenvalue weighted by Gasteiger charge is -2.07. The van der Waals surface area contributed by atoms with Crippen molar-refractivity contribution in [2.24, 2.45) is 0 Å². The SMILES string of the molecule is CC(C(=O)O)c1ccc(SC(F)F)cc1. The molecule has 1 atom stereocenters. The average molecular weight is 232 g/mol. The highest BCUT2D eigenvalue weighted by atomic mass is 32.2. The van der Waals surface area contributed by atoms with E-state index in [0.717, 1.165) is 0 Å². The highest BCUT2D eigenvalue weighted by molar-refractivity contribution is 7.99. The van der Waals surface area contributed by atoms with E-state index in [9.17, 15) is 13.6 Å². The van der Waals surface area contributed by atoms with E-state index in [1.54, 1.807) is 19.1 Å². The number of carboxylic acids is 1. The van der Waals surface area contributed by atoms with Gasteiger partial charge in [0.1, 0.15) is 0 Å². The van der Waals surface area contributed by atoms with Gasteiger partial charge in [0.15, 0.2) is 0 Å². The van der Waals surface area contributed by atoms with Gasteiger partial charge in [-0.3, -0.25) is 4.79 Å². The van der Waals surface area contributed by atoms with Gasteiger partial charge in [-0.2, -0.15) is 8.78 Å². The Balaban J connectivity index is 2.76. The Hall–Kier alpha value is -1.10. The molecule has 1 rings (SSSR count). The zero-order chi connectivity index (χ0) is 11.4. The van der Waals surface area contributed by atoms with E-state index in [0.29, 0.717) is 22.2 Å². The number of thioether (sulfide) groups is 1.